The first kappa shape index (κ1) is 19.5. The van der Waals surface area contributed by atoms with Crippen LogP contribution in [-0.2, 0) is 4.79 Å². The lowest BCUT2D eigenvalue weighted by Crippen LogP contribution is -2.51. The number of anilines is 1. The quantitative estimate of drug-likeness (QED) is 0.598. The van der Waals surface area contributed by atoms with E-state index in [9.17, 15) is 13.6 Å². The predicted molar refractivity (Wildman–Crippen MR) is 110 cm³/mol. The molecule has 6 rings (SSSR count). The van der Waals surface area contributed by atoms with Gasteiger partial charge in [0.15, 0.2) is 17.3 Å². The molecule has 7 nitrogen and oxygen atoms in total. The Kier molecular flexibility index (Phi) is 4.65. The van der Waals surface area contributed by atoms with Gasteiger partial charge in [-0.05, 0) is 56.6 Å². The third-order valence-electron chi connectivity index (χ3n) is 6.68. The zero-order chi connectivity index (χ0) is 21.7. The number of halogens is 2. The lowest BCUT2D eigenvalue weighted by atomic mass is 9.60. The molecule has 0 aromatic carbocycles. The predicted octanol–water partition coefficient (Wildman–Crippen LogP) is 4.65. The minimum Gasteiger partial charge on any atom is -0.364 e. The maximum absolute atomic E-state index is 14.9. The number of hydrogen-bond donors (Lipinski definition) is 2. The Morgan fingerprint density at radius 1 is 1.23 bits per heavy atom. The van der Waals surface area contributed by atoms with Crippen molar-refractivity contribution in [1.29, 1.82) is 0 Å². The minimum absolute atomic E-state index is 0.0155. The Morgan fingerprint density at radius 2 is 1.97 bits per heavy atom. The number of aromatic nitrogens is 4. The van der Waals surface area contributed by atoms with Gasteiger partial charge < -0.3 is 5.32 Å². The monoisotopic (exact) mass is 422 g/mol. The van der Waals surface area contributed by atoms with Crippen molar-refractivity contribution in [2.24, 2.45) is 17.8 Å². The van der Waals surface area contributed by atoms with Crippen molar-refractivity contribution < 1.29 is 13.6 Å². The molecule has 2 atom stereocenters. The average molecular weight is 422 g/mol. The number of H-pyrrole nitrogens is 1. The number of hydrogen-bond acceptors (Lipinski definition) is 5. The molecule has 0 radical (unpaired) electrons. The van der Waals surface area contributed by atoms with Crippen LogP contribution in [0, 0.1) is 36.0 Å². The van der Waals surface area contributed by atoms with Crippen molar-refractivity contribution in [3.63, 3.8) is 0 Å². The molecule has 9 heteroatoms. The Hall–Kier alpha value is -3.41. The van der Waals surface area contributed by atoms with Gasteiger partial charge in [0.05, 0.1) is 24.2 Å². The maximum atomic E-state index is 14.9. The molecule has 3 aromatic heterocycles. The summed E-state index contributed by atoms with van der Waals surface area (Å²) in [6.07, 6.45) is 5.08. The fourth-order valence-electron chi connectivity index (χ4n) is 5.30. The van der Waals surface area contributed by atoms with Gasteiger partial charge in [-0.2, -0.15) is 5.10 Å². The first-order chi connectivity index (χ1) is 15.0. The van der Waals surface area contributed by atoms with E-state index in [4.69, 9.17) is 6.57 Å². The van der Waals surface area contributed by atoms with Crippen molar-refractivity contribution in [3.8, 4) is 11.4 Å². The number of aromatic amines is 1. The first-order valence-electron chi connectivity index (χ1n) is 10.3. The summed E-state index contributed by atoms with van der Waals surface area (Å²) in [6, 6.07) is 2.16. The maximum Gasteiger partial charge on any atom is 0.217 e. The molecular formula is C22H20F2N6O. The standard InChI is InChI=1S/C22H20F2N6O/c1-10(31)17-11-3-5-12(6-4-11)18(17)27-22-15(24)8-16(25-2)20(28-22)19-14-7-13(23)9-26-21(14)30-29-19/h7-9,11-12,17-18H,3-6H2,1H3,(H,27,28)(H,26,29,30)/t11?,12?,17-,18?/m1/s1. The van der Waals surface area contributed by atoms with Gasteiger partial charge in [0.2, 0.25) is 5.69 Å². The lowest BCUT2D eigenvalue weighted by Gasteiger charge is -2.48. The van der Waals surface area contributed by atoms with Crippen molar-refractivity contribution >= 4 is 28.3 Å². The molecule has 0 spiro atoms. The van der Waals surface area contributed by atoms with Gasteiger partial charge in [0.1, 0.15) is 11.6 Å². The number of fused-ring (bicyclic) bond motifs is 4. The summed E-state index contributed by atoms with van der Waals surface area (Å²) in [5.74, 6) is -0.728. The van der Waals surface area contributed by atoms with Crippen LogP contribution in [0.3, 0.4) is 0 Å². The van der Waals surface area contributed by atoms with Crippen molar-refractivity contribution in [3.05, 3.63) is 41.4 Å². The van der Waals surface area contributed by atoms with Crippen LogP contribution < -0.4 is 5.32 Å². The van der Waals surface area contributed by atoms with Crippen LogP contribution in [0.2, 0.25) is 0 Å². The second kappa shape index (κ2) is 7.38. The van der Waals surface area contributed by atoms with Gasteiger partial charge in [-0.1, -0.05) is 0 Å². The van der Waals surface area contributed by atoms with E-state index in [-0.39, 0.29) is 46.5 Å². The summed E-state index contributed by atoms with van der Waals surface area (Å²) < 4.78 is 28.7. The van der Waals surface area contributed by atoms with Gasteiger partial charge in [-0.25, -0.2) is 23.6 Å². The lowest BCUT2D eigenvalue weighted by molar-refractivity contribution is -0.126. The highest BCUT2D eigenvalue weighted by atomic mass is 19.1. The van der Waals surface area contributed by atoms with Crippen LogP contribution in [0.5, 0.6) is 0 Å². The molecule has 3 fully saturated rings. The van der Waals surface area contributed by atoms with E-state index in [1.807, 2.05) is 0 Å². The molecule has 3 heterocycles. The number of pyridine rings is 2. The highest BCUT2D eigenvalue weighted by Gasteiger charge is 2.46. The molecule has 31 heavy (non-hydrogen) atoms. The zero-order valence-electron chi connectivity index (χ0n) is 16.8. The van der Waals surface area contributed by atoms with Crippen molar-refractivity contribution in [2.75, 3.05) is 5.32 Å². The summed E-state index contributed by atoms with van der Waals surface area (Å²) in [4.78, 5) is 24.1. The first-order valence-corrected chi connectivity index (χ1v) is 10.3. The van der Waals surface area contributed by atoms with E-state index in [1.165, 1.54) is 6.07 Å². The van der Waals surface area contributed by atoms with Crippen LogP contribution in [0.25, 0.3) is 27.3 Å². The second-order valence-corrected chi connectivity index (χ2v) is 8.40. The molecular weight excluding hydrogens is 402 g/mol. The summed E-state index contributed by atoms with van der Waals surface area (Å²) in [6.45, 7) is 9.04. The number of carbonyl (C=O) groups excluding carboxylic acids is 1. The largest absolute Gasteiger partial charge is 0.364 e. The number of Topliss-reactive ketones (excluding diaryl/α,β-unsaturated/α-hetero) is 1. The molecule has 2 bridgehead atoms. The van der Waals surface area contributed by atoms with E-state index in [1.54, 1.807) is 6.92 Å². The highest BCUT2D eigenvalue weighted by Crippen LogP contribution is 2.47. The fourth-order valence-corrected chi connectivity index (χ4v) is 5.30. The number of carbonyl (C=O) groups is 1. The van der Waals surface area contributed by atoms with E-state index >= 15 is 0 Å². The molecule has 1 unspecified atom stereocenters. The molecule has 0 aliphatic heterocycles. The normalized spacial score (nSPS) is 24.8. The zero-order valence-corrected chi connectivity index (χ0v) is 16.8. The van der Waals surface area contributed by atoms with Crippen LogP contribution in [-0.4, -0.2) is 32.0 Å². The number of ketones is 1. The molecule has 3 aliphatic carbocycles. The summed E-state index contributed by atoms with van der Waals surface area (Å²) in [5.41, 5.74) is 0.707. The smallest absolute Gasteiger partial charge is 0.217 e. The molecule has 158 valence electrons. The fraction of sp³-hybridized carbons (Fsp3) is 0.409. The van der Waals surface area contributed by atoms with Crippen molar-refractivity contribution in [1.82, 2.24) is 20.2 Å². The third-order valence-corrected chi connectivity index (χ3v) is 6.68. The molecule has 3 saturated carbocycles. The molecule has 2 N–H and O–H groups in total. The number of rotatable bonds is 4. The highest BCUT2D eigenvalue weighted by molar-refractivity contribution is 5.93. The van der Waals surface area contributed by atoms with Gasteiger partial charge in [-0.15, -0.1) is 0 Å². The Morgan fingerprint density at radius 3 is 2.68 bits per heavy atom. The van der Waals surface area contributed by atoms with Gasteiger partial charge in [0, 0.05) is 17.3 Å². The Labute approximate surface area is 177 Å². The van der Waals surface area contributed by atoms with E-state index in [0.717, 1.165) is 37.9 Å². The molecule has 3 aromatic rings. The number of nitrogens with one attached hydrogen (secondary N) is 2. The summed E-state index contributed by atoms with van der Waals surface area (Å²) in [5, 5.41) is 10.3. The van der Waals surface area contributed by atoms with Crippen LogP contribution in [0.15, 0.2) is 18.3 Å². The van der Waals surface area contributed by atoms with E-state index in [2.05, 4.69) is 30.3 Å². The van der Waals surface area contributed by atoms with Crippen LogP contribution in [0.1, 0.15) is 32.6 Å². The Bertz CT molecular complexity index is 1220. The summed E-state index contributed by atoms with van der Waals surface area (Å²) >= 11 is 0. The third kappa shape index (κ3) is 3.23. The molecule has 0 saturated heterocycles. The molecule has 0 amide bonds. The van der Waals surface area contributed by atoms with E-state index in [0.29, 0.717) is 17.0 Å². The SMILES string of the molecule is [C-]#[N+]c1cc(F)c(NC2C3CCC(CC3)[C@H]2C(C)=O)nc1-c1[nH]nc2ncc(F)cc12. The van der Waals surface area contributed by atoms with Crippen LogP contribution >= 0.6 is 0 Å². The van der Waals surface area contributed by atoms with Gasteiger partial charge in [0.25, 0.3) is 0 Å². The Balaban J connectivity index is 1.58. The minimum atomic E-state index is -0.661. The average Bonchev–Trinajstić information content (AvgIpc) is 3.18. The van der Waals surface area contributed by atoms with E-state index < -0.39 is 11.6 Å². The topological polar surface area (TPSA) is 87.9 Å². The number of nitrogens with zero attached hydrogens (tertiary/aromatic N) is 4. The van der Waals surface area contributed by atoms with Crippen molar-refractivity contribution in [2.45, 2.75) is 38.6 Å². The molecule has 3 aliphatic rings. The van der Waals surface area contributed by atoms with Gasteiger partial charge in [-0.3, -0.25) is 9.89 Å². The van der Waals surface area contributed by atoms with Crippen LogP contribution in [0.4, 0.5) is 20.3 Å². The van der Waals surface area contributed by atoms with Gasteiger partial charge >= 0.3 is 0 Å². The summed E-state index contributed by atoms with van der Waals surface area (Å²) in [7, 11) is 0. The second-order valence-electron chi connectivity index (χ2n) is 8.40.